The zero-order valence-corrected chi connectivity index (χ0v) is 27.1. The van der Waals surface area contributed by atoms with Gasteiger partial charge in [-0.25, -0.2) is 4.68 Å². The normalized spacial score (nSPS) is 24.2. The number of likely N-dealkylation sites (tertiary alicyclic amines) is 2. The highest BCUT2D eigenvalue weighted by Crippen LogP contribution is 2.29. The number of nitrogens with one attached hydrogen (secondary N) is 3. The molecule has 2 saturated heterocycles. The maximum atomic E-state index is 14.0. The van der Waals surface area contributed by atoms with Gasteiger partial charge in [0.25, 0.3) is 5.91 Å². The van der Waals surface area contributed by atoms with Crippen LogP contribution in [0.3, 0.4) is 0 Å². The second-order valence-electron chi connectivity index (χ2n) is 13.3. The number of hydrogen-bond acceptors (Lipinski definition) is 7. The van der Waals surface area contributed by atoms with E-state index >= 15 is 0 Å². The van der Waals surface area contributed by atoms with Gasteiger partial charge in [-0.05, 0) is 55.1 Å². The molecule has 3 aromatic rings. The van der Waals surface area contributed by atoms with Crippen molar-refractivity contribution in [2.75, 3.05) is 19.6 Å². The highest BCUT2D eigenvalue weighted by atomic mass is 16.2. The van der Waals surface area contributed by atoms with Crippen molar-refractivity contribution < 1.29 is 19.2 Å². The molecule has 0 aliphatic carbocycles. The van der Waals surface area contributed by atoms with Gasteiger partial charge in [-0.1, -0.05) is 67.9 Å². The fourth-order valence-corrected chi connectivity index (χ4v) is 6.75. The van der Waals surface area contributed by atoms with E-state index in [4.69, 9.17) is 0 Å². The van der Waals surface area contributed by atoms with E-state index in [-0.39, 0.29) is 43.3 Å². The standard InChI is InChI=1S/C35H44N8O4/c1-23(2)31-34(46)37-29(17-24-9-5-3-6-10-24)32(44)36-19-27-21-43(40-39-27)28-18-30(33(45)38-31)42(22-28)35(47)26-13-11-25(12-14-26)20-41-15-7-4-8-16-41/h3,5-6,9-14,21,23,28-31H,4,7-8,15-20,22H2,1-2H3,(H,36,44)(H,37,46)(H,38,45)/t28-,29+,30-,31-/m0/s1. The number of piperidine rings is 1. The first-order chi connectivity index (χ1) is 22.7. The molecule has 47 heavy (non-hydrogen) atoms. The Morgan fingerprint density at radius 2 is 1.64 bits per heavy atom. The van der Waals surface area contributed by atoms with Gasteiger partial charge >= 0.3 is 0 Å². The fourth-order valence-electron chi connectivity index (χ4n) is 6.75. The molecule has 0 spiro atoms. The van der Waals surface area contributed by atoms with Gasteiger partial charge < -0.3 is 20.9 Å². The predicted octanol–water partition coefficient (Wildman–Crippen LogP) is 2.22. The maximum absolute atomic E-state index is 14.0. The number of hydrogen-bond donors (Lipinski definition) is 3. The van der Waals surface area contributed by atoms with Crippen LogP contribution in [0.1, 0.15) is 72.8 Å². The van der Waals surface area contributed by atoms with Gasteiger partial charge in [0.15, 0.2) is 0 Å². The molecule has 248 valence electrons. The molecule has 2 aromatic carbocycles. The molecule has 0 radical (unpaired) electrons. The van der Waals surface area contributed by atoms with Gasteiger partial charge in [0, 0.05) is 31.5 Å². The third-order valence-corrected chi connectivity index (χ3v) is 9.44. The molecule has 6 rings (SSSR count). The number of aromatic nitrogens is 3. The average Bonchev–Trinajstić information content (AvgIpc) is 3.74. The summed E-state index contributed by atoms with van der Waals surface area (Å²) in [7, 11) is 0. The van der Waals surface area contributed by atoms with Gasteiger partial charge in [0.2, 0.25) is 17.7 Å². The molecular weight excluding hydrogens is 596 g/mol. The van der Waals surface area contributed by atoms with E-state index in [1.165, 1.54) is 19.3 Å². The van der Waals surface area contributed by atoms with Crippen LogP contribution in [0, 0.1) is 5.92 Å². The molecule has 2 fully saturated rings. The number of carbonyl (C=O) groups is 4. The molecule has 4 heterocycles. The van der Waals surface area contributed by atoms with Crippen molar-refractivity contribution in [1.29, 1.82) is 0 Å². The third-order valence-electron chi connectivity index (χ3n) is 9.44. The van der Waals surface area contributed by atoms with Crippen LogP contribution in [0.25, 0.3) is 0 Å². The monoisotopic (exact) mass is 640 g/mol. The molecule has 4 atom stereocenters. The first kappa shape index (κ1) is 32.4. The number of benzene rings is 2. The van der Waals surface area contributed by atoms with Gasteiger partial charge in [0.05, 0.1) is 18.8 Å². The molecular formula is C35H44N8O4. The van der Waals surface area contributed by atoms with Crippen molar-refractivity contribution in [2.45, 2.75) is 83.2 Å². The van der Waals surface area contributed by atoms with Crippen molar-refractivity contribution in [1.82, 2.24) is 40.7 Å². The molecule has 3 aliphatic heterocycles. The quantitative estimate of drug-likeness (QED) is 0.375. The van der Waals surface area contributed by atoms with Crippen molar-refractivity contribution >= 4 is 23.6 Å². The Hall–Kier alpha value is -4.58. The Bertz CT molecular complexity index is 1570. The van der Waals surface area contributed by atoms with Crippen LogP contribution < -0.4 is 16.0 Å². The van der Waals surface area contributed by atoms with E-state index in [0.717, 1.165) is 30.8 Å². The van der Waals surface area contributed by atoms with Crippen molar-refractivity contribution in [3.8, 4) is 0 Å². The van der Waals surface area contributed by atoms with Crippen LogP contribution in [0.4, 0.5) is 0 Å². The number of nitrogens with zero attached hydrogens (tertiary/aromatic N) is 5. The Morgan fingerprint density at radius 1 is 0.894 bits per heavy atom. The van der Waals surface area contributed by atoms with Crippen LogP contribution in [-0.2, 0) is 33.9 Å². The lowest BCUT2D eigenvalue weighted by Gasteiger charge is -2.29. The molecule has 4 amide bonds. The van der Waals surface area contributed by atoms with Crippen LogP contribution in [0.2, 0.25) is 0 Å². The van der Waals surface area contributed by atoms with Crippen LogP contribution in [0.5, 0.6) is 0 Å². The van der Waals surface area contributed by atoms with Gasteiger partial charge in [-0.3, -0.25) is 24.1 Å². The van der Waals surface area contributed by atoms with E-state index in [1.54, 1.807) is 15.8 Å². The van der Waals surface area contributed by atoms with Crippen LogP contribution in [-0.4, -0.2) is 86.2 Å². The number of fused-ring (bicyclic) bond motifs is 5. The molecule has 12 nitrogen and oxygen atoms in total. The summed E-state index contributed by atoms with van der Waals surface area (Å²) in [4.78, 5) is 59.0. The topological polar surface area (TPSA) is 142 Å². The summed E-state index contributed by atoms with van der Waals surface area (Å²) in [5.41, 5.74) is 3.07. The highest BCUT2D eigenvalue weighted by Gasteiger charge is 2.43. The summed E-state index contributed by atoms with van der Waals surface area (Å²) in [6.07, 6.45) is 6.03. The van der Waals surface area contributed by atoms with Crippen molar-refractivity contribution in [3.05, 3.63) is 83.2 Å². The number of amides is 4. The summed E-state index contributed by atoms with van der Waals surface area (Å²) in [5.74, 6) is -1.77. The predicted molar refractivity (Wildman–Crippen MR) is 175 cm³/mol. The molecule has 4 bridgehead atoms. The van der Waals surface area contributed by atoms with Gasteiger partial charge in [-0.15, -0.1) is 5.10 Å². The molecule has 3 aliphatic rings. The largest absolute Gasteiger partial charge is 0.349 e. The lowest BCUT2D eigenvalue weighted by atomic mass is 10.00. The summed E-state index contributed by atoms with van der Waals surface area (Å²) in [6, 6.07) is 14.2. The molecule has 3 N–H and O–H groups in total. The fraction of sp³-hybridized carbons (Fsp3) is 0.486. The maximum Gasteiger partial charge on any atom is 0.254 e. The molecule has 0 unspecified atom stereocenters. The second-order valence-corrected chi connectivity index (χ2v) is 13.3. The lowest BCUT2D eigenvalue weighted by molar-refractivity contribution is -0.134. The summed E-state index contributed by atoms with van der Waals surface area (Å²) in [5, 5.41) is 17.2. The lowest BCUT2D eigenvalue weighted by Crippen LogP contribution is -2.58. The SMILES string of the molecule is CC(C)[C@@H]1NC(=O)[C@@H]2C[C@@H](CN2C(=O)c2ccc(CN3CCCCC3)cc2)n2cc(nn2)CNC(=O)[C@@H](Cc2ccccc2)NC1=O. The molecule has 1 aromatic heterocycles. The highest BCUT2D eigenvalue weighted by molar-refractivity contribution is 5.99. The minimum Gasteiger partial charge on any atom is -0.349 e. The minimum atomic E-state index is -0.916. The zero-order chi connectivity index (χ0) is 32.9. The molecule has 0 saturated carbocycles. The van der Waals surface area contributed by atoms with Gasteiger partial charge in [0.1, 0.15) is 23.8 Å². The Morgan fingerprint density at radius 3 is 2.36 bits per heavy atom. The van der Waals surface area contributed by atoms with Crippen LogP contribution >= 0.6 is 0 Å². The number of rotatable bonds is 6. The Kier molecular flexibility index (Phi) is 9.95. The number of carbonyl (C=O) groups excluding carboxylic acids is 4. The Balaban J connectivity index is 1.25. The van der Waals surface area contributed by atoms with E-state index in [0.29, 0.717) is 17.7 Å². The zero-order valence-electron chi connectivity index (χ0n) is 27.1. The molecule has 12 heteroatoms. The summed E-state index contributed by atoms with van der Waals surface area (Å²) in [6.45, 7) is 7.08. The van der Waals surface area contributed by atoms with Crippen molar-refractivity contribution in [3.63, 3.8) is 0 Å². The Labute approximate surface area is 275 Å². The van der Waals surface area contributed by atoms with E-state index < -0.39 is 29.9 Å². The second kappa shape index (κ2) is 14.5. The first-order valence-corrected chi connectivity index (χ1v) is 16.7. The smallest absolute Gasteiger partial charge is 0.254 e. The first-order valence-electron chi connectivity index (χ1n) is 16.7. The summed E-state index contributed by atoms with van der Waals surface area (Å²) < 4.78 is 1.67. The summed E-state index contributed by atoms with van der Waals surface area (Å²) >= 11 is 0. The third kappa shape index (κ3) is 7.70. The van der Waals surface area contributed by atoms with E-state index in [2.05, 4.69) is 31.2 Å². The van der Waals surface area contributed by atoms with Crippen molar-refractivity contribution in [2.24, 2.45) is 5.92 Å². The van der Waals surface area contributed by atoms with Gasteiger partial charge in [-0.2, -0.15) is 0 Å². The van der Waals surface area contributed by atoms with Crippen LogP contribution in [0.15, 0.2) is 60.8 Å². The van der Waals surface area contributed by atoms with E-state index in [1.807, 2.05) is 68.4 Å². The minimum absolute atomic E-state index is 0.118. The average molecular weight is 641 g/mol. The van der Waals surface area contributed by atoms with E-state index in [9.17, 15) is 19.2 Å².